The molecule has 8 heteroatoms. The standard InChI is InChI=1S/C15H22N4O4/c1-5-18(9-13(20)17-15(2,3)4)11-7-6-10(14(16)21)8-12(11)19(22)23/h6-8H,5,9H2,1-4H3,(H2,16,21)(H,17,20). The SMILES string of the molecule is CCN(CC(=O)NC(C)(C)C)c1ccc(C(N)=O)cc1[N+](=O)[O-]. The number of rotatable bonds is 6. The van der Waals surface area contributed by atoms with Crippen molar-refractivity contribution in [2.24, 2.45) is 5.73 Å². The number of nitrogens with one attached hydrogen (secondary N) is 1. The fourth-order valence-electron chi connectivity index (χ4n) is 2.09. The molecule has 0 fully saturated rings. The van der Waals surface area contributed by atoms with Gasteiger partial charge in [-0.3, -0.25) is 19.7 Å². The van der Waals surface area contributed by atoms with Gasteiger partial charge in [-0.2, -0.15) is 0 Å². The molecule has 0 unspecified atom stereocenters. The first-order valence-corrected chi connectivity index (χ1v) is 7.19. The van der Waals surface area contributed by atoms with Crippen LogP contribution in [-0.4, -0.2) is 35.4 Å². The summed E-state index contributed by atoms with van der Waals surface area (Å²) in [5.41, 5.74) is 4.83. The molecule has 3 N–H and O–H groups in total. The van der Waals surface area contributed by atoms with Crippen molar-refractivity contribution in [1.82, 2.24) is 5.32 Å². The summed E-state index contributed by atoms with van der Waals surface area (Å²) in [5.74, 6) is -0.985. The van der Waals surface area contributed by atoms with Gasteiger partial charge in [0.25, 0.3) is 5.69 Å². The zero-order chi connectivity index (χ0) is 17.8. The summed E-state index contributed by atoms with van der Waals surface area (Å²) < 4.78 is 0. The maximum atomic E-state index is 12.1. The van der Waals surface area contributed by atoms with Gasteiger partial charge in [-0.05, 0) is 39.8 Å². The first-order valence-electron chi connectivity index (χ1n) is 7.19. The topological polar surface area (TPSA) is 119 Å². The molecular weight excluding hydrogens is 300 g/mol. The third-order valence-corrected chi connectivity index (χ3v) is 3.03. The van der Waals surface area contributed by atoms with E-state index in [9.17, 15) is 19.7 Å². The molecule has 1 aromatic rings. The number of anilines is 1. The second kappa shape index (κ2) is 7.08. The lowest BCUT2D eigenvalue weighted by molar-refractivity contribution is -0.384. The second-order valence-electron chi connectivity index (χ2n) is 6.14. The van der Waals surface area contributed by atoms with Crippen LogP contribution >= 0.6 is 0 Å². The van der Waals surface area contributed by atoms with E-state index in [4.69, 9.17) is 5.73 Å². The largest absolute Gasteiger partial charge is 0.366 e. The summed E-state index contributed by atoms with van der Waals surface area (Å²) in [6.07, 6.45) is 0. The van der Waals surface area contributed by atoms with Gasteiger partial charge in [-0.15, -0.1) is 0 Å². The highest BCUT2D eigenvalue weighted by atomic mass is 16.6. The molecule has 1 aromatic carbocycles. The monoisotopic (exact) mass is 322 g/mol. The van der Waals surface area contributed by atoms with Crippen molar-refractivity contribution in [2.45, 2.75) is 33.2 Å². The first-order chi connectivity index (χ1) is 10.5. The lowest BCUT2D eigenvalue weighted by atomic mass is 10.1. The summed E-state index contributed by atoms with van der Waals surface area (Å²) in [4.78, 5) is 35.5. The van der Waals surface area contributed by atoms with Gasteiger partial charge < -0.3 is 16.0 Å². The number of nitro benzene ring substituents is 1. The molecule has 0 aliphatic heterocycles. The van der Waals surface area contributed by atoms with Crippen molar-refractivity contribution < 1.29 is 14.5 Å². The van der Waals surface area contributed by atoms with E-state index in [2.05, 4.69) is 5.32 Å². The summed E-state index contributed by atoms with van der Waals surface area (Å²) in [6.45, 7) is 7.72. The average molecular weight is 322 g/mol. The first kappa shape index (κ1) is 18.4. The van der Waals surface area contributed by atoms with E-state index in [1.54, 1.807) is 11.8 Å². The highest BCUT2D eigenvalue weighted by Gasteiger charge is 2.23. The number of primary amides is 1. The van der Waals surface area contributed by atoms with E-state index >= 15 is 0 Å². The van der Waals surface area contributed by atoms with Gasteiger partial charge in [-0.1, -0.05) is 0 Å². The van der Waals surface area contributed by atoms with E-state index in [0.29, 0.717) is 6.54 Å². The van der Waals surface area contributed by atoms with Crippen molar-refractivity contribution in [3.8, 4) is 0 Å². The number of likely N-dealkylation sites (N-methyl/N-ethyl adjacent to an activating group) is 1. The maximum Gasteiger partial charge on any atom is 0.293 e. The van der Waals surface area contributed by atoms with E-state index in [1.165, 1.54) is 12.1 Å². The fourth-order valence-corrected chi connectivity index (χ4v) is 2.09. The van der Waals surface area contributed by atoms with E-state index in [0.717, 1.165) is 6.07 Å². The molecule has 23 heavy (non-hydrogen) atoms. The minimum atomic E-state index is -0.742. The molecule has 0 saturated heterocycles. The molecule has 0 atom stereocenters. The number of hydrogen-bond donors (Lipinski definition) is 2. The van der Waals surface area contributed by atoms with Crippen molar-refractivity contribution in [3.05, 3.63) is 33.9 Å². The van der Waals surface area contributed by atoms with E-state index in [1.807, 2.05) is 20.8 Å². The molecular formula is C15H22N4O4. The van der Waals surface area contributed by atoms with Gasteiger partial charge in [0.1, 0.15) is 5.69 Å². The Bertz CT molecular complexity index is 622. The van der Waals surface area contributed by atoms with E-state index in [-0.39, 0.29) is 29.4 Å². The number of nitro groups is 1. The van der Waals surface area contributed by atoms with Gasteiger partial charge in [-0.25, -0.2) is 0 Å². The zero-order valence-electron chi connectivity index (χ0n) is 13.8. The van der Waals surface area contributed by atoms with Crippen molar-refractivity contribution in [3.63, 3.8) is 0 Å². The smallest absolute Gasteiger partial charge is 0.293 e. The van der Waals surface area contributed by atoms with Crippen LogP contribution < -0.4 is 16.0 Å². The average Bonchev–Trinajstić information content (AvgIpc) is 2.42. The third kappa shape index (κ3) is 5.24. The van der Waals surface area contributed by atoms with Crippen LogP contribution in [0.15, 0.2) is 18.2 Å². The Morgan fingerprint density at radius 2 is 1.96 bits per heavy atom. The fraction of sp³-hybridized carbons (Fsp3) is 0.467. The van der Waals surface area contributed by atoms with Gasteiger partial charge in [0.05, 0.1) is 11.5 Å². The van der Waals surface area contributed by atoms with Crippen molar-refractivity contribution >= 4 is 23.2 Å². The summed E-state index contributed by atoms with van der Waals surface area (Å²) in [7, 11) is 0. The van der Waals surface area contributed by atoms with Crippen LogP contribution in [0.25, 0.3) is 0 Å². The molecule has 0 radical (unpaired) electrons. The highest BCUT2D eigenvalue weighted by Crippen LogP contribution is 2.29. The molecule has 8 nitrogen and oxygen atoms in total. The zero-order valence-corrected chi connectivity index (χ0v) is 13.8. The van der Waals surface area contributed by atoms with E-state index < -0.39 is 16.4 Å². The maximum absolute atomic E-state index is 12.1. The molecule has 0 bridgehead atoms. The molecule has 0 aromatic heterocycles. The minimum absolute atomic E-state index is 0.0233. The Hall–Kier alpha value is -2.64. The highest BCUT2D eigenvalue weighted by molar-refractivity contribution is 5.94. The predicted molar refractivity (Wildman–Crippen MR) is 87.4 cm³/mol. The van der Waals surface area contributed by atoms with Gasteiger partial charge >= 0.3 is 0 Å². The molecule has 0 saturated carbocycles. The van der Waals surface area contributed by atoms with Crippen LogP contribution in [0.2, 0.25) is 0 Å². The van der Waals surface area contributed by atoms with Crippen LogP contribution in [0.3, 0.4) is 0 Å². The van der Waals surface area contributed by atoms with Crippen LogP contribution in [-0.2, 0) is 4.79 Å². The van der Waals surface area contributed by atoms with Crippen LogP contribution in [0, 0.1) is 10.1 Å². The lowest BCUT2D eigenvalue weighted by Gasteiger charge is -2.26. The number of hydrogen-bond acceptors (Lipinski definition) is 5. The number of nitrogens with zero attached hydrogens (tertiary/aromatic N) is 2. The van der Waals surface area contributed by atoms with Crippen LogP contribution in [0.1, 0.15) is 38.1 Å². The molecule has 2 amide bonds. The third-order valence-electron chi connectivity index (χ3n) is 3.03. The molecule has 1 rings (SSSR count). The van der Waals surface area contributed by atoms with Gasteiger partial charge in [0, 0.05) is 23.7 Å². The Labute approximate surface area is 134 Å². The minimum Gasteiger partial charge on any atom is -0.366 e. The summed E-state index contributed by atoms with van der Waals surface area (Å²) in [6, 6.07) is 3.98. The number of amides is 2. The van der Waals surface area contributed by atoms with Gasteiger partial charge in [0.2, 0.25) is 11.8 Å². The number of carbonyl (C=O) groups is 2. The normalized spacial score (nSPS) is 11.0. The van der Waals surface area contributed by atoms with Gasteiger partial charge in [0.15, 0.2) is 0 Å². The predicted octanol–water partition coefficient (Wildman–Crippen LogP) is 1.43. The molecule has 0 spiro atoms. The number of carbonyl (C=O) groups excluding carboxylic acids is 2. The second-order valence-corrected chi connectivity index (χ2v) is 6.14. The van der Waals surface area contributed by atoms with Crippen LogP contribution in [0.5, 0.6) is 0 Å². The van der Waals surface area contributed by atoms with Crippen LogP contribution in [0.4, 0.5) is 11.4 Å². The molecule has 0 aliphatic rings. The number of benzene rings is 1. The Morgan fingerprint density at radius 1 is 1.35 bits per heavy atom. The molecule has 126 valence electrons. The molecule has 0 aliphatic carbocycles. The summed E-state index contributed by atoms with van der Waals surface area (Å²) >= 11 is 0. The van der Waals surface area contributed by atoms with Crippen molar-refractivity contribution in [2.75, 3.05) is 18.0 Å². The molecule has 0 heterocycles. The summed E-state index contributed by atoms with van der Waals surface area (Å²) in [5, 5.41) is 14.1. The number of nitrogens with two attached hydrogens (primary N) is 1. The lowest BCUT2D eigenvalue weighted by Crippen LogP contribution is -2.46. The quantitative estimate of drug-likeness (QED) is 0.606. The Balaban J connectivity index is 3.12. The Morgan fingerprint density at radius 3 is 2.39 bits per heavy atom. The Kier molecular flexibility index (Phi) is 5.67. The van der Waals surface area contributed by atoms with Crippen molar-refractivity contribution in [1.29, 1.82) is 0 Å².